The molecule has 90 valence electrons. The predicted molar refractivity (Wildman–Crippen MR) is 67.1 cm³/mol. The lowest BCUT2D eigenvalue weighted by molar-refractivity contribution is 0.0864. The molecule has 2 rings (SSSR count). The van der Waals surface area contributed by atoms with Crippen molar-refractivity contribution < 1.29 is 9.18 Å². The van der Waals surface area contributed by atoms with Gasteiger partial charge in [-0.1, -0.05) is 13.8 Å². The molecule has 0 aliphatic carbocycles. The van der Waals surface area contributed by atoms with E-state index in [0.29, 0.717) is 10.9 Å². The van der Waals surface area contributed by atoms with E-state index in [0.717, 1.165) is 5.52 Å². The molecule has 1 aromatic heterocycles. The summed E-state index contributed by atoms with van der Waals surface area (Å²) in [5.74, 6) is -0.201. The van der Waals surface area contributed by atoms with E-state index in [1.54, 1.807) is 26.1 Å². The highest BCUT2D eigenvalue weighted by Crippen LogP contribution is 2.28. The molecule has 1 aromatic carbocycles. The van der Waals surface area contributed by atoms with Gasteiger partial charge in [-0.15, -0.1) is 11.6 Å². The lowest BCUT2D eigenvalue weighted by atomic mass is 9.86. The molecule has 0 spiro atoms. The molecule has 1 heterocycles. The van der Waals surface area contributed by atoms with Crippen LogP contribution in [0.1, 0.15) is 24.2 Å². The van der Waals surface area contributed by atoms with Gasteiger partial charge in [0.25, 0.3) is 0 Å². The molecule has 2 nitrogen and oxygen atoms in total. The zero-order chi connectivity index (χ0) is 12.6. The number of carbonyl (C=O) groups excluding carboxylic acids is 1. The summed E-state index contributed by atoms with van der Waals surface area (Å²) in [6, 6.07) is 4.35. The van der Waals surface area contributed by atoms with Crippen LogP contribution in [0, 0.1) is 11.2 Å². The lowest BCUT2D eigenvalue weighted by Gasteiger charge is -2.18. The summed E-state index contributed by atoms with van der Waals surface area (Å²) >= 11 is 5.78. The van der Waals surface area contributed by atoms with Crippen LogP contribution in [-0.2, 0) is 0 Å². The molecular formula is C13H13ClFNO. The quantitative estimate of drug-likeness (QED) is 0.656. The Balaban J connectivity index is 2.56. The number of alkyl halides is 1. The maximum Gasteiger partial charge on any atom is 0.171 e. The van der Waals surface area contributed by atoms with Crippen molar-refractivity contribution in [2.45, 2.75) is 13.8 Å². The fraction of sp³-hybridized carbons (Fsp3) is 0.308. The first-order valence-electron chi connectivity index (χ1n) is 5.33. The minimum atomic E-state index is -0.650. The molecule has 0 unspecified atom stereocenters. The molecule has 17 heavy (non-hydrogen) atoms. The van der Waals surface area contributed by atoms with E-state index < -0.39 is 5.41 Å². The van der Waals surface area contributed by atoms with Crippen molar-refractivity contribution >= 4 is 28.3 Å². The average Bonchev–Trinajstić information content (AvgIpc) is 2.70. The van der Waals surface area contributed by atoms with E-state index in [1.165, 1.54) is 12.1 Å². The number of fused-ring (bicyclic) bond motifs is 1. The predicted octanol–water partition coefficient (Wildman–Crippen LogP) is 3.75. The van der Waals surface area contributed by atoms with Gasteiger partial charge in [-0.2, -0.15) is 0 Å². The number of hydrogen-bond acceptors (Lipinski definition) is 1. The molecule has 0 fully saturated rings. The fourth-order valence-electron chi connectivity index (χ4n) is 1.71. The monoisotopic (exact) mass is 253 g/mol. The number of aromatic nitrogens is 1. The van der Waals surface area contributed by atoms with Gasteiger partial charge in [0.1, 0.15) is 5.82 Å². The zero-order valence-electron chi connectivity index (χ0n) is 9.68. The lowest BCUT2D eigenvalue weighted by Crippen LogP contribution is -2.25. The third-order valence-corrected chi connectivity index (χ3v) is 3.51. The van der Waals surface area contributed by atoms with Crippen molar-refractivity contribution in [1.29, 1.82) is 0 Å². The molecular weight excluding hydrogens is 241 g/mol. The van der Waals surface area contributed by atoms with Crippen LogP contribution in [-0.4, -0.2) is 16.6 Å². The summed E-state index contributed by atoms with van der Waals surface area (Å²) in [7, 11) is 0. The number of rotatable bonds is 3. The first-order valence-corrected chi connectivity index (χ1v) is 5.86. The van der Waals surface area contributed by atoms with Crippen LogP contribution < -0.4 is 0 Å². The smallest absolute Gasteiger partial charge is 0.171 e. The Bertz CT molecular complexity index is 574. The first kappa shape index (κ1) is 12.1. The Labute approximate surface area is 104 Å². The van der Waals surface area contributed by atoms with Gasteiger partial charge >= 0.3 is 0 Å². The van der Waals surface area contributed by atoms with Crippen molar-refractivity contribution in [2.24, 2.45) is 5.41 Å². The average molecular weight is 254 g/mol. The Morgan fingerprint density at radius 2 is 2.18 bits per heavy atom. The largest absolute Gasteiger partial charge is 0.360 e. The van der Waals surface area contributed by atoms with Gasteiger partial charge in [-0.05, 0) is 18.2 Å². The molecule has 0 atom stereocenters. The fourth-order valence-corrected chi connectivity index (χ4v) is 1.83. The summed E-state index contributed by atoms with van der Waals surface area (Å²) < 4.78 is 13.2. The van der Waals surface area contributed by atoms with Crippen LogP contribution in [0.15, 0.2) is 24.4 Å². The Morgan fingerprint density at radius 1 is 1.47 bits per heavy atom. The molecule has 0 radical (unpaired) electrons. The van der Waals surface area contributed by atoms with Gasteiger partial charge in [-0.3, -0.25) is 4.79 Å². The molecule has 0 bridgehead atoms. The number of Topliss-reactive ketones (excluding diaryl/α,β-unsaturated/α-hetero) is 1. The highest BCUT2D eigenvalue weighted by molar-refractivity contribution is 6.22. The zero-order valence-corrected chi connectivity index (χ0v) is 10.4. The van der Waals surface area contributed by atoms with Crippen LogP contribution in [0.3, 0.4) is 0 Å². The second-order valence-corrected chi connectivity index (χ2v) is 5.01. The van der Waals surface area contributed by atoms with Gasteiger partial charge in [-0.25, -0.2) is 4.39 Å². The minimum absolute atomic E-state index is 0.0793. The normalized spacial score (nSPS) is 12.0. The van der Waals surface area contributed by atoms with Crippen molar-refractivity contribution in [3.05, 3.63) is 35.8 Å². The summed E-state index contributed by atoms with van der Waals surface area (Å²) in [5, 5.41) is 0.605. The SMILES string of the molecule is CC(C)(CCl)C(=O)c1c[nH]c2ccc(F)cc12. The summed E-state index contributed by atoms with van der Waals surface area (Å²) in [6.45, 7) is 3.56. The number of ketones is 1. The standard InChI is InChI=1S/C13H13ClFNO/c1-13(2,7-14)12(17)10-6-16-11-4-3-8(15)5-9(10)11/h3-6,16H,7H2,1-2H3. The third kappa shape index (κ3) is 2.07. The number of halogens is 2. The Kier molecular flexibility index (Phi) is 2.96. The highest BCUT2D eigenvalue weighted by atomic mass is 35.5. The van der Waals surface area contributed by atoms with Gasteiger partial charge in [0.05, 0.1) is 0 Å². The molecule has 0 aliphatic rings. The number of H-pyrrole nitrogens is 1. The van der Waals surface area contributed by atoms with Gasteiger partial charge in [0.15, 0.2) is 5.78 Å². The Hall–Kier alpha value is -1.35. The number of aromatic amines is 1. The number of nitrogens with one attached hydrogen (secondary N) is 1. The van der Waals surface area contributed by atoms with Gasteiger partial charge < -0.3 is 4.98 Å². The molecule has 4 heteroatoms. The van der Waals surface area contributed by atoms with Crippen LogP contribution in [0.5, 0.6) is 0 Å². The van der Waals surface area contributed by atoms with Crippen LogP contribution in [0.25, 0.3) is 10.9 Å². The van der Waals surface area contributed by atoms with Crippen LogP contribution in [0.2, 0.25) is 0 Å². The highest BCUT2D eigenvalue weighted by Gasteiger charge is 2.29. The first-order chi connectivity index (χ1) is 7.95. The van der Waals surface area contributed by atoms with E-state index in [1.807, 2.05) is 0 Å². The third-order valence-electron chi connectivity index (χ3n) is 2.84. The molecule has 0 amide bonds. The van der Waals surface area contributed by atoms with Crippen molar-refractivity contribution in [3.8, 4) is 0 Å². The number of carbonyl (C=O) groups is 1. The van der Waals surface area contributed by atoms with Crippen molar-refractivity contribution in [1.82, 2.24) is 4.98 Å². The molecule has 0 aliphatic heterocycles. The minimum Gasteiger partial charge on any atom is -0.360 e. The number of hydrogen-bond donors (Lipinski definition) is 1. The van der Waals surface area contributed by atoms with Gasteiger partial charge in [0, 0.05) is 34.0 Å². The summed E-state index contributed by atoms with van der Waals surface area (Å²) in [4.78, 5) is 15.2. The van der Waals surface area contributed by atoms with E-state index >= 15 is 0 Å². The molecule has 0 saturated carbocycles. The molecule has 2 aromatic rings. The van der Waals surface area contributed by atoms with Crippen molar-refractivity contribution in [2.75, 3.05) is 5.88 Å². The van der Waals surface area contributed by atoms with Crippen LogP contribution in [0.4, 0.5) is 4.39 Å². The Morgan fingerprint density at radius 3 is 2.82 bits per heavy atom. The summed E-state index contributed by atoms with van der Waals surface area (Å²) in [5.41, 5.74) is 0.591. The second kappa shape index (κ2) is 4.15. The van der Waals surface area contributed by atoms with E-state index in [9.17, 15) is 9.18 Å². The number of benzene rings is 1. The summed E-state index contributed by atoms with van der Waals surface area (Å²) in [6.07, 6.45) is 1.61. The molecule has 0 saturated heterocycles. The topological polar surface area (TPSA) is 32.9 Å². The second-order valence-electron chi connectivity index (χ2n) is 4.74. The maximum atomic E-state index is 13.2. The maximum absolute atomic E-state index is 13.2. The van der Waals surface area contributed by atoms with Crippen LogP contribution >= 0.6 is 11.6 Å². The molecule has 1 N–H and O–H groups in total. The van der Waals surface area contributed by atoms with E-state index in [2.05, 4.69) is 4.98 Å². The van der Waals surface area contributed by atoms with E-state index in [4.69, 9.17) is 11.6 Å². The van der Waals surface area contributed by atoms with E-state index in [-0.39, 0.29) is 17.5 Å². The van der Waals surface area contributed by atoms with Gasteiger partial charge in [0.2, 0.25) is 0 Å². The van der Waals surface area contributed by atoms with Crippen molar-refractivity contribution in [3.63, 3.8) is 0 Å².